The molecule has 2 fully saturated rings. The maximum atomic E-state index is 13.1. The second kappa shape index (κ2) is 3.50. The van der Waals surface area contributed by atoms with E-state index in [1.807, 2.05) is 0 Å². The molecule has 2 rings (SSSR count). The van der Waals surface area contributed by atoms with Gasteiger partial charge in [-0.3, -0.25) is 9.47 Å². The highest BCUT2D eigenvalue weighted by atomic mass is 19.4. The molecule has 0 aromatic rings. The van der Waals surface area contributed by atoms with Crippen LogP contribution >= 0.6 is 0 Å². The summed E-state index contributed by atoms with van der Waals surface area (Å²) < 4.78 is 135. The molecule has 0 aromatic heterocycles. The zero-order valence-electron chi connectivity index (χ0n) is 8.71. The van der Waals surface area contributed by atoms with Gasteiger partial charge in [-0.15, -0.1) is 0 Å². The maximum Gasteiger partial charge on any atom is 0.478 e. The van der Waals surface area contributed by atoms with Crippen molar-refractivity contribution in [2.24, 2.45) is 0 Å². The molecule has 20 heavy (non-hydrogen) atoms. The average Bonchev–Trinajstić information content (AvgIpc) is 2.40. The van der Waals surface area contributed by atoms with Crippen LogP contribution in [0.2, 0.25) is 0 Å². The third-order valence-electron chi connectivity index (χ3n) is 2.51. The minimum absolute atomic E-state index is 2.59. The minimum atomic E-state index is -6.25. The predicted molar refractivity (Wildman–Crippen MR) is 35.3 cm³/mol. The van der Waals surface area contributed by atoms with E-state index < -0.39 is 42.6 Å². The quantitative estimate of drug-likeness (QED) is 0.641. The molecule has 0 amide bonds. The standard InChI is InChI=1S/C7H2F10O3/c8-2(9)1-3(18-5(2,13)14)6(15,16)20-7(17,19-3)4(10,11)12/h1H2. The van der Waals surface area contributed by atoms with Gasteiger partial charge in [0.15, 0.2) is 0 Å². The third-order valence-corrected chi connectivity index (χ3v) is 2.51. The van der Waals surface area contributed by atoms with Crippen LogP contribution in [-0.2, 0) is 14.2 Å². The van der Waals surface area contributed by atoms with E-state index in [1.54, 1.807) is 0 Å². The molecule has 3 nitrogen and oxygen atoms in total. The second-order valence-electron chi connectivity index (χ2n) is 4.01. The summed E-state index contributed by atoms with van der Waals surface area (Å²) in [6.07, 6.45) is -20.1. The molecule has 2 aliphatic heterocycles. The molecule has 0 bridgehead atoms. The van der Waals surface area contributed by atoms with Gasteiger partial charge in [0.05, 0.1) is 6.42 Å². The first-order valence-corrected chi connectivity index (χ1v) is 4.57. The van der Waals surface area contributed by atoms with Gasteiger partial charge in [-0.05, 0) is 0 Å². The molecule has 2 heterocycles. The fourth-order valence-electron chi connectivity index (χ4n) is 1.58. The molecule has 2 unspecified atom stereocenters. The fraction of sp³-hybridized carbons (Fsp3) is 1.00. The highest BCUT2D eigenvalue weighted by Gasteiger charge is 2.87. The molecule has 0 aromatic carbocycles. The van der Waals surface area contributed by atoms with Crippen LogP contribution in [0, 0.1) is 0 Å². The van der Waals surface area contributed by atoms with Crippen molar-refractivity contribution >= 4 is 0 Å². The summed E-state index contributed by atoms with van der Waals surface area (Å²) in [4.78, 5) is 0. The first-order valence-electron chi connectivity index (χ1n) is 4.57. The number of alkyl halides is 10. The molecule has 13 heteroatoms. The first-order chi connectivity index (χ1) is 8.58. The van der Waals surface area contributed by atoms with E-state index >= 15 is 0 Å². The number of halogens is 10. The molecule has 2 aliphatic rings. The Kier molecular flexibility index (Phi) is 2.72. The van der Waals surface area contributed by atoms with Crippen LogP contribution in [0.5, 0.6) is 0 Å². The van der Waals surface area contributed by atoms with Crippen molar-refractivity contribution in [3.8, 4) is 0 Å². The van der Waals surface area contributed by atoms with E-state index in [-0.39, 0.29) is 0 Å². The molecule has 118 valence electrons. The van der Waals surface area contributed by atoms with Crippen LogP contribution in [0.15, 0.2) is 0 Å². The SMILES string of the molecule is FC(F)(F)C1(F)OC(F)(F)C2(CC(F)(F)C(F)(F)O2)O1. The van der Waals surface area contributed by atoms with Crippen molar-refractivity contribution in [3.63, 3.8) is 0 Å². The predicted octanol–water partition coefficient (Wildman–Crippen LogP) is 3.16. The summed E-state index contributed by atoms with van der Waals surface area (Å²) >= 11 is 0. The Labute approximate surface area is 102 Å². The van der Waals surface area contributed by atoms with E-state index in [9.17, 15) is 43.9 Å². The van der Waals surface area contributed by atoms with Crippen molar-refractivity contribution in [3.05, 3.63) is 0 Å². The monoisotopic (exact) mass is 324 g/mol. The summed E-state index contributed by atoms with van der Waals surface area (Å²) in [5, 5.41) is 0. The zero-order chi connectivity index (χ0) is 15.8. The smallest absolute Gasteiger partial charge is 0.274 e. The average molecular weight is 324 g/mol. The van der Waals surface area contributed by atoms with Crippen LogP contribution in [0.3, 0.4) is 0 Å². The molecule has 0 aliphatic carbocycles. The van der Waals surface area contributed by atoms with Crippen molar-refractivity contribution in [2.75, 3.05) is 0 Å². The largest absolute Gasteiger partial charge is 0.478 e. The van der Waals surface area contributed by atoms with Crippen molar-refractivity contribution in [2.45, 2.75) is 42.6 Å². The maximum absolute atomic E-state index is 13.1. The Balaban J connectivity index is 2.45. The van der Waals surface area contributed by atoms with E-state index in [4.69, 9.17) is 0 Å². The molecule has 0 saturated carbocycles. The molecule has 2 saturated heterocycles. The normalized spacial score (nSPS) is 42.3. The van der Waals surface area contributed by atoms with Crippen molar-refractivity contribution in [1.82, 2.24) is 0 Å². The van der Waals surface area contributed by atoms with Gasteiger partial charge in [0, 0.05) is 0 Å². The van der Waals surface area contributed by atoms with E-state index in [2.05, 4.69) is 14.2 Å². The highest BCUT2D eigenvalue weighted by molar-refractivity contribution is 5.02. The van der Waals surface area contributed by atoms with Gasteiger partial charge in [0.25, 0.3) is 5.79 Å². The summed E-state index contributed by atoms with van der Waals surface area (Å²) in [6, 6.07) is -5.56. The Morgan fingerprint density at radius 1 is 0.700 bits per heavy atom. The summed E-state index contributed by atoms with van der Waals surface area (Å²) in [6.45, 7) is 0. The Morgan fingerprint density at radius 2 is 1.20 bits per heavy atom. The molecule has 2 atom stereocenters. The van der Waals surface area contributed by atoms with Gasteiger partial charge in [0.1, 0.15) is 0 Å². The van der Waals surface area contributed by atoms with E-state index in [0.717, 1.165) is 0 Å². The van der Waals surface area contributed by atoms with E-state index in [1.165, 1.54) is 0 Å². The summed E-state index contributed by atoms with van der Waals surface area (Å²) in [5.74, 6) is -9.92. The van der Waals surface area contributed by atoms with Crippen LogP contribution in [-0.4, -0.2) is 36.1 Å². The van der Waals surface area contributed by atoms with Crippen LogP contribution in [0.25, 0.3) is 0 Å². The zero-order valence-corrected chi connectivity index (χ0v) is 8.71. The van der Waals surface area contributed by atoms with E-state index in [0.29, 0.717) is 0 Å². The van der Waals surface area contributed by atoms with Gasteiger partial charge in [0.2, 0.25) is 0 Å². The topological polar surface area (TPSA) is 27.7 Å². The van der Waals surface area contributed by atoms with Gasteiger partial charge in [-0.2, -0.15) is 43.9 Å². The minimum Gasteiger partial charge on any atom is -0.274 e. The van der Waals surface area contributed by atoms with Gasteiger partial charge in [-0.1, -0.05) is 0 Å². The molecular formula is C7H2F10O3. The van der Waals surface area contributed by atoms with Gasteiger partial charge < -0.3 is 0 Å². The summed E-state index contributed by atoms with van der Waals surface area (Å²) in [7, 11) is 0. The van der Waals surface area contributed by atoms with Gasteiger partial charge >= 0.3 is 30.4 Å². The molecule has 0 N–H and O–H groups in total. The Bertz CT molecular complexity index is 415. The van der Waals surface area contributed by atoms with Crippen LogP contribution in [0.4, 0.5) is 43.9 Å². The Hall–Kier alpha value is -0.820. The van der Waals surface area contributed by atoms with Crippen LogP contribution < -0.4 is 0 Å². The first kappa shape index (κ1) is 15.6. The van der Waals surface area contributed by atoms with Crippen molar-refractivity contribution < 1.29 is 58.1 Å². The Morgan fingerprint density at radius 3 is 1.50 bits per heavy atom. The number of ether oxygens (including phenoxy) is 3. The highest BCUT2D eigenvalue weighted by Crippen LogP contribution is 2.63. The van der Waals surface area contributed by atoms with Crippen molar-refractivity contribution in [1.29, 1.82) is 0 Å². The lowest BCUT2D eigenvalue weighted by Crippen LogP contribution is -2.47. The summed E-state index contributed by atoms with van der Waals surface area (Å²) in [5.41, 5.74) is 0. The second-order valence-corrected chi connectivity index (χ2v) is 4.01. The lowest BCUT2D eigenvalue weighted by Gasteiger charge is -2.25. The lowest BCUT2D eigenvalue weighted by atomic mass is 10.1. The molecular weight excluding hydrogens is 322 g/mol. The number of hydrogen-bond acceptors (Lipinski definition) is 3. The lowest BCUT2D eigenvalue weighted by molar-refractivity contribution is -0.438. The number of hydrogen-bond donors (Lipinski definition) is 0. The fourth-order valence-corrected chi connectivity index (χ4v) is 1.58. The third kappa shape index (κ3) is 1.79. The molecule has 0 radical (unpaired) electrons. The van der Waals surface area contributed by atoms with Gasteiger partial charge in [-0.25, -0.2) is 4.74 Å². The number of rotatable bonds is 0. The molecule has 1 spiro atoms. The van der Waals surface area contributed by atoms with Crippen LogP contribution in [0.1, 0.15) is 6.42 Å².